The van der Waals surface area contributed by atoms with E-state index in [-0.39, 0.29) is 4.90 Å². The van der Waals surface area contributed by atoms with Crippen molar-refractivity contribution in [1.29, 1.82) is 0 Å². The van der Waals surface area contributed by atoms with Gasteiger partial charge in [0.1, 0.15) is 5.75 Å². The Morgan fingerprint density at radius 2 is 1.84 bits per heavy atom. The van der Waals surface area contributed by atoms with Gasteiger partial charge < -0.3 is 4.74 Å². The lowest BCUT2D eigenvalue weighted by Crippen LogP contribution is -2.14. The van der Waals surface area contributed by atoms with E-state index in [2.05, 4.69) is 4.72 Å². The number of ether oxygens (including phenoxy) is 1. The maximum absolute atomic E-state index is 12.4. The Balaban J connectivity index is 2.19. The first-order chi connectivity index (χ1) is 11.9. The zero-order valence-corrected chi connectivity index (χ0v) is 14.5. The first-order valence-electron chi connectivity index (χ1n) is 7.25. The van der Waals surface area contributed by atoms with Crippen LogP contribution in [0.2, 0.25) is 0 Å². The molecule has 0 saturated heterocycles. The Labute approximate surface area is 146 Å². The van der Waals surface area contributed by atoms with Gasteiger partial charge in [0, 0.05) is 12.1 Å². The third kappa shape index (κ3) is 4.82. The van der Waals surface area contributed by atoms with E-state index in [9.17, 15) is 13.2 Å². The van der Waals surface area contributed by atoms with E-state index in [1.54, 1.807) is 30.3 Å². The largest absolute Gasteiger partial charge is 0.496 e. The van der Waals surface area contributed by atoms with Crippen molar-refractivity contribution in [1.82, 2.24) is 5.48 Å². The van der Waals surface area contributed by atoms with Gasteiger partial charge in [-0.2, -0.15) is 0 Å². The molecule has 0 aliphatic carbocycles. The van der Waals surface area contributed by atoms with Gasteiger partial charge in [0.25, 0.3) is 15.9 Å². The normalized spacial score (nSPS) is 11.3. The Kier molecular flexibility index (Phi) is 5.79. The average molecular weight is 362 g/mol. The molecule has 0 atom stereocenters. The molecule has 1 amide bonds. The Bertz CT molecular complexity index is 890. The lowest BCUT2D eigenvalue weighted by atomic mass is 10.2. The smallest absolute Gasteiger partial charge is 0.267 e. The second-order valence-corrected chi connectivity index (χ2v) is 6.85. The Morgan fingerprint density at radius 3 is 2.44 bits per heavy atom. The molecule has 0 bridgehead atoms. The molecule has 25 heavy (non-hydrogen) atoms. The van der Waals surface area contributed by atoms with Crippen LogP contribution in [0.4, 0.5) is 5.69 Å². The van der Waals surface area contributed by atoms with Crippen LogP contribution in [0.25, 0.3) is 6.08 Å². The molecule has 0 aliphatic rings. The van der Waals surface area contributed by atoms with Crippen LogP contribution in [0.3, 0.4) is 0 Å². The molecule has 0 aromatic heterocycles. The van der Waals surface area contributed by atoms with Crippen molar-refractivity contribution in [3.05, 3.63) is 59.7 Å². The molecule has 0 unspecified atom stereocenters. The quantitative estimate of drug-likeness (QED) is 0.416. The van der Waals surface area contributed by atoms with Gasteiger partial charge in [-0.3, -0.25) is 14.7 Å². The fourth-order valence-electron chi connectivity index (χ4n) is 2.06. The number of anilines is 1. The van der Waals surface area contributed by atoms with Crippen LogP contribution in [-0.2, 0) is 14.8 Å². The number of nitrogens with one attached hydrogen (secondary N) is 2. The molecular formula is C17H18N2O5S. The number of hydrogen-bond donors (Lipinski definition) is 3. The van der Waals surface area contributed by atoms with E-state index < -0.39 is 15.9 Å². The van der Waals surface area contributed by atoms with Crippen molar-refractivity contribution in [3.8, 4) is 5.75 Å². The van der Waals surface area contributed by atoms with E-state index in [0.717, 1.165) is 11.6 Å². The SMILES string of the molecule is COc1cc(NS(=O)(=O)c2ccc(/C=C/C(=O)NO)cc2)ccc1C. The summed E-state index contributed by atoms with van der Waals surface area (Å²) in [7, 11) is -2.24. The van der Waals surface area contributed by atoms with E-state index >= 15 is 0 Å². The van der Waals surface area contributed by atoms with Crippen molar-refractivity contribution >= 4 is 27.7 Å². The third-order valence-corrected chi connectivity index (χ3v) is 4.79. The number of benzene rings is 2. The molecule has 8 heteroatoms. The molecule has 0 aliphatic heterocycles. The van der Waals surface area contributed by atoms with Crippen LogP contribution in [-0.4, -0.2) is 26.6 Å². The molecule has 132 valence electrons. The number of amides is 1. The number of hydroxylamine groups is 1. The third-order valence-electron chi connectivity index (χ3n) is 3.39. The lowest BCUT2D eigenvalue weighted by Gasteiger charge is -2.11. The van der Waals surface area contributed by atoms with Crippen LogP contribution in [0.1, 0.15) is 11.1 Å². The van der Waals surface area contributed by atoms with Gasteiger partial charge in [0.15, 0.2) is 0 Å². The number of rotatable bonds is 6. The second kappa shape index (κ2) is 7.82. The zero-order chi connectivity index (χ0) is 18.4. The van der Waals surface area contributed by atoms with Gasteiger partial charge in [0.2, 0.25) is 0 Å². The molecule has 0 spiro atoms. The van der Waals surface area contributed by atoms with E-state index in [1.165, 1.54) is 30.8 Å². The summed E-state index contributed by atoms with van der Waals surface area (Å²) in [5.74, 6) is -0.0884. The minimum atomic E-state index is -3.75. The number of methoxy groups -OCH3 is 1. The average Bonchev–Trinajstić information content (AvgIpc) is 2.61. The monoisotopic (exact) mass is 362 g/mol. The summed E-state index contributed by atoms with van der Waals surface area (Å²) in [5, 5.41) is 8.41. The highest BCUT2D eigenvalue weighted by Crippen LogP contribution is 2.24. The molecule has 0 radical (unpaired) electrons. The maximum Gasteiger partial charge on any atom is 0.267 e. The molecule has 2 aromatic carbocycles. The van der Waals surface area contributed by atoms with Crippen molar-refractivity contribution < 1.29 is 23.2 Å². The number of aryl methyl sites for hydroxylation is 1. The Hall–Kier alpha value is -2.84. The van der Waals surface area contributed by atoms with Gasteiger partial charge in [-0.1, -0.05) is 18.2 Å². The molecule has 0 saturated carbocycles. The number of carbonyl (C=O) groups excluding carboxylic acids is 1. The van der Waals surface area contributed by atoms with Gasteiger partial charge in [-0.05, 0) is 42.3 Å². The van der Waals surface area contributed by atoms with Crippen molar-refractivity contribution in [2.75, 3.05) is 11.8 Å². The highest BCUT2D eigenvalue weighted by Gasteiger charge is 2.14. The predicted octanol–water partition coefficient (Wildman–Crippen LogP) is 2.32. The minimum absolute atomic E-state index is 0.0794. The van der Waals surface area contributed by atoms with Gasteiger partial charge >= 0.3 is 0 Å². The number of sulfonamides is 1. The molecule has 0 heterocycles. The summed E-state index contributed by atoms with van der Waals surface area (Å²) in [6.45, 7) is 1.86. The lowest BCUT2D eigenvalue weighted by molar-refractivity contribution is -0.124. The molecule has 7 nitrogen and oxygen atoms in total. The fourth-order valence-corrected chi connectivity index (χ4v) is 3.11. The van der Waals surface area contributed by atoms with Crippen LogP contribution in [0, 0.1) is 6.92 Å². The first-order valence-corrected chi connectivity index (χ1v) is 8.73. The topological polar surface area (TPSA) is 105 Å². The minimum Gasteiger partial charge on any atom is -0.496 e. The fraction of sp³-hybridized carbons (Fsp3) is 0.118. The first kappa shape index (κ1) is 18.5. The van der Waals surface area contributed by atoms with Gasteiger partial charge in [-0.15, -0.1) is 0 Å². The molecular weight excluding hydrogens is 344 g/mol. The highest BCUT2D eigenvalue weighted by atomic mass is 32.2. The van der Waals surface area contributed by atoms with E-state index in [4.69, 9.17) is 9.94 Å². The van der Waals surface area contributed by atoms with Gasteiger partial charge in [0.05, 0.1) is 17.7 Å². The predicted molar refractivity (Wildman–Crippen MR) is 93.9 cm³/mol. The standard InChI is InChI=1S/C17H18N2O5S/c1-12-3-7-14(11-16(12)24-2)19-25(22,23)15-8-4-13(5-9-15)6-10-17(20)18-21/h3-11,19,21H,1-2H3,(H,18,20)/b10-6+. The van der Waals surface area contributed by atoms with Crippen molar-refractivity contribution in [2.45, 2.75) is 11.8 Å². The maximum atomic E-state index is 12.4. The molecule has 3 N–H and O–H groups in total. The number of carbonyl (C=O) groups is 1. The highest BCUT2D eigenvalue weighted by molar-refractivity contribution is 7.92. The summed E-state index contributed by atoms with van der Waals surface area (Å²) in [4.78, 5) is 11.0. The van der Waals surface area contributed by atoms with Crippen molar-refractivity contribution in [2.24, 2.45) is 0 Å². The summed E-state index contributed by atoms with van der Waals surface area (Å²) in [6, 6.07) is 11.0. The summed E-state index contributed by atoms with van der Waals surface area (Å²) >= 11 is 0. The summed E-state index contributed by atoms with van der Waals surface area (Å²) in [6.07, 6.45) is 2.57. The van der Waals surface area contributed by atoms with E-state index in [1.807, 2.05) is 6.92 Å². The van der Waals surface area contributed by atoms with E-state index in [0.29, 0.717) is 17.0 Å². The Morgan fingerprint density at radius 1 is 1.16 bits per heavy atom. The zero-order valence-electron chi connectivity index (χ0n) is 13.7. The van der Waals surface area contributed by atoms with Crippen LogP contribution in [0.5, 0.6) is 5.75 Å². The molecule has 2 aromatic rings. The van der Waals surface area contributed by atoms with Crippen LogP contribution in [0.15, 0.2) is 53.4 Å². The molecule has 2 rings (SSSR count). The van der Waals surface area contributed by atoms with Crippen LogP contribution < -0.4 is 14.9 Å². The van der Waals surface area contributed by atoms with Gasteiger partial charge in [-0.25, -0.2) is 13.9 Å². The van der Waals surface area contributed by atoms with Crippen LogP contribution >= 0.6 is 0 Å². The molecule has 0 fully saturated rings. The second-order valence-electron chi connectivity index (χ2n) is 5.17. The summed E-state index contributed by atoms with van der Waals surface area (Å²) < 4.78 is 32.6. The number of hydrogen-bond acceptors (Lipinski definition) is 5. The van der Waals surface area contributed by atoms with Crippen molar-refractivity contribution in [3.63, 3.8) is 0 Å². The summed E-state index contributed by atoms with van der Waals surface area (Å²) in [5.41, 5.74) is 3.37.